The number of halogens is 3. The van der Waals surface area contributed by atoms with Gasteiger partial charge in [-0.25, -0.2) is 18.2 Å². The topological polar surface area (TPSA) is 81.2 Å². The van der Waals surface area contributed by atoms with Crippen molar-refractivity contribution in [3.63, 3.8) is 0 Å². The number of likely N-dealkylation sites (N-methyl/N-ethyl adjacent to an activating group) is 1. The molecule has 3 heterocycles. The zero-order chi connectivity index (χ0) is 29.7. The molecule has 13 heteroatoms. The zero-order valence-corrected chi connectivity index (χ0v) is 24.4. The maximum absolute atomic E-state index is 15.7. The highest BCUT2D eigenvalue weighted by atomic mass is 32.1. The number of morpholine rings is 1. The number of hydrogen-bond acceptors (Lipinski definition) is 8. The molecule has 2 aliphatic heterocycles. The number of nitrogens with one attached hydrogen (secondary N) is 1. The van der Waals surface area contributed by atoms with Crippen LogP contribution in [0.15, 0.2) is 41.8 Å². The standard InChI is InChI=1S/C28H35F3N6O3S/c1-5-19(26(30)31)21(16-34(3)17-38)27(39)33-23-12-20(25-14-32-28(41-25)36-8-10-40-11-9-36)22(29)13-24(23)37-7-6-35(4)18(2)15-37/h5,12-14,16-18,26H,6-11,15H2,1-4H3,(H,33,39)/b19-5+,21-16+. The minimum atomic E-state index is -2.95. The summed E-state index contributed by atoms with van der Waals surface area (Å²) >= 11 is 1.33. The van der Waals surface area contributed by atoms with E-state index in [0.717, 1.165) is 28.9 Å². The Morgan fingerprint density at radius 2 is 1.95 bits per heavy atom. The molecular weight excluding hydrogens is 557 g/mol. The second-order valence-corrected chi connectivity index (χ2v) is 11.1. The van der Waals surface area contributed by atoms with Gasteiger partial charge in [-0.1, -0.05) is 17.4 Å². The predicted octanol–water partition coefficient (Wildman–Crippen LogP) is 4.05. The third-order valence-electron chi connectivity index (χ3n) is 7.28. The Balaban J connectivity index is 1.75. The number of allylic oxidation sites excluding steroid dienone is 1. The van der Waals surface area contributed by atoms with E-state index in [9.17, 15) is 18.4 Å². The van der Waals surface area contributed by atoms with Crippen LogP contribution >= 0.6 is 11.3 Å². The van der Waals surface area contributed by atoms with E-state index in [1.165, 1.54) is 37.4 Å². The number of aromatic nitrogens is 1. The Labute approximate surface area is 241 Å². The Bertz CT molecular complexity index is 1310. The normalized spacial score (nSPS) is 19.1. The molecule has 2 amide bonds. The van der Waals surface area contributed by atoms with Gasteiger partial charge in [-0.2, -0.15) is 0 Å². The number of piperazine rings is 1. The van der Waals surface area contributed by atoms with Crippen LogP contribution in [0.2, 0.25) is 0 Å². The molecule has 41 heavy (non-hydrogen) atoms. The molecule has 1 N–H and O–H groups in total. The third kappa shape index (κ3) is 7.08. The number of amides is 2. The monoisotopic (exact) mass is 592 g/mol. The molecule has 0 bridgehead atoms. The van der Waals surface area contributed by atoms with Crippen LogP contribution in [0.5, 0.6) is 0 Å². The summed E-state index contributed by atoms with van der Waals surface area (Å²) in [5.41, 5.74) is 0.0614. The van der Waals surface area contributed by atoms with E-state index in [4.69, 9.17) is 4.74 Å². The summed E-state index contributed by atoms with van der Waals surface area (Å²) in [5.74, 6) is -1.33. The van der Waals surface area contributed by atoms with Gasteiger partial charge in [-0.3, -0.25) is 9.59 Å². The average Bonchev–Trinajstić information content (AvgIpc) is 3.45. The summed E-state index contributed by atoms with van der Waals surface area (Å²) in [6.45, 7) is 7.85. The van der Waals surface area contributed by atoms with Crippen LogP contribution in [0.25, 0.3) is 10.4 Å². The molecule has 2 aromatic rings. The van der Waals surface area contributed by atoms with Crippen LogP contribution in [0.1, 0.15) is 13.8 Å². The van der Waals surface area contributed by atoms with Gasteiger partial charge >= 0.3 is 0 Å². The lowest BCUT2D eigenvalue weighted by molar-refractivity contribution is -0.115. The molecule has 2 fully saturated rings. The van der Waals surface area contributed by atoms with E-state index in [2.05, 4.69) is 27.0 Å². The average molecular weight is 593 g/mol. The summed E-state index contributed by atoms with van der Waals surface area (Å²) in [6.07, 6.45) is 1.25. The third-order valence-corrected chi connectivity index (χ3v) is 8.37. The van der Waals surface area contributed by atoms with E-state index in [1.807, 2.05) is 11.9 Å². The number of benzene rings is 1. The first-order chi connectivity index (χ1) is 19.6. The lowest BCUT2D eigenvalue weighted by Crippen LogP contribution is -2.50. The molecule has 1 atom stereocenters. The molecule has 4 rings (SSSR count). The number of ether oxygens (including phenoxy) is 1. The molecule has 2 aliphatic rings. The van der Waals surface area contributed by atoms with E-state index in [1.54, 1.807) is 6.20 Å². The van der Waals surface area contributed by atoms with E-state index in [0.29, 0.717) is 56.4 Å². The van der Waals surface area contributed by atoms with Crippen LogP contribution in [-0.4, -0.2) is 99.6 Å². The minimum Gasteiger partial charge on any atom is -0.378 e. The van der Waals surface area contributed by atoms with Gasteiger partial charge in [-0.15, -0.1) is 0 Å². The molecule has 0 saturated carbocycles. The van der Waals surface area contributed by atoms with Crippen molar-refractivity contribution in [3.8, 4) is 10.4 Å². The fourth-order valence-corrected chi connectivity index (χ4v) is 5.74. The second-order valence-electron chi connectivity index (χ2n) is 10.0. The van der Waals surface area contributed by atoms with Gasteiger partial charge in [0.1, 0.15) is 5.82 Å². The molecule has 1 aromatic heterocycles. The SMILES string of the molecule is C/C=C(\C(=C/N(C)C=O)C(=O)Nc1cc(-c2cnc(N3CCOCC3)s2)c(F)cc1N1CCN(C)C(C)C1)C(F)F. The van der Waals surface area contributed by atoms with Gasteiger partial charge in [0.25, 0.3) is 12.3 Å². The van der Waals surface area contributed by atoms with Crippen molar-refractivity contribution in [3.05, 3.63) is 47.6 Å². The van der Waals surface area contributed by atoms with Crippen molar-refractivity contribution in [2.75, 3.05) is 75.1 Å². The Kier molecular flexibility index (Phi) is 10.1. The fourth-order valence-electron chi connectivity index (χ4n) is 4.76. The van der Waals surface area contributed by atoms with Crippen LogP contribution in [0.3, 0.4) is 0 Å². The number of hydrogen-bond donors (Lipinski definition) is 1. The lowest BCUT2D eigenvalue weighted by Gasteiger charge is -2.39. The first-order valence-electron chi connectivity index (χ1n) is 13.4. The molecular formula is C28H35F3N6O3S. The zero-order valence-electron chi connectivity index (χ0n) is 23.6. The largest absolute Gasteiger partial charge is 0.378 e. The van der Waals surface area contributed by atoms with Crippen molar-refractivity contribution in [1.29, 1.82) is 0 Å². The van der Waals surface area contributed by atoms with Crippen LogP contribution in [0.4, 0.5) is 29.7 Å². The summed E-state index contributed by atoms with van der Waals surface area (Å²) in [7, 11) is 3.36. The van der Waals surface area contributed by atoms with Crippen molar-refractivity contribution < 1.29 is 27.5 Å². The second kappa shape index (κ2) is 13.5. The summed E-state index contributed by atoms with van der Waals surface area (Å²) in [5, 5.41) is 3.49. The maximum atomic E-state index is 15.7. The van der Waals surface area contributed by atoms with Gasteiger partial charge in [0.05, 0.1) is 35.0 Å². The molecule has 0 aliphatic carbocycles. The summed E-state index contributed by atoms with van der Waals surface area (Å²) in [4.78, 5) is 37.0. The van der Waals surface area contributed by atoms with E-state index < -0.39 is 23.7 Å². The summed E-state index contributed by atoms with van der Waals surface area (Å²) < 4.78 is 48.9. The van der Waals surface area contributed by atoms with Gasteiger partial charge in [-0.05, 0) is 33.0 Å². The molecule has 1 unspecified atom stereocenters. The number of carbonyl (C=O) groups excluding carboxylic acids is 2. The van der Waals surface area contributed by atoms with Crippen LogP contribution < -0.4 is 15.1 Å². The molecule has 2 saturated heterocycles. The minimum absolute atomic E-state index is 0.165. The van der Waals surface area contributed by atoms with Crippen molar-refractivity contribution in [1.82, 2.24) is 14.8 Å². The highest BCUT2D eigenvalue weighted by Gasteiger charge is 2.28. The highest BCUT2D eigenvalue weighted by molar-refractivity contribution is 7.18. The number of anilines is 3. The van der Waals surface area contributed by atoms with Crippen molar-refractivity contribution in [2.45, 2.75) is 26.3 Å². The molecule has 0 radical (unpaired) electrons. The van der Waals surface area contributed by atoms with Gasteiger partial charge < -0.3 is 29.7 Å². The number of thiazole rings is 1. The van der Waals surface area contributed by atoms with Crippen molar-refractivity contribution in [2.24, 2.45) is 0 Å². The Morgan fingerprint density at radius 3 is 2.59 bits per heavy atom. The number of nitrogens with zero attached hydrogens (tertiary/aromatic N) is 5. The first-order valence-corrected chi connectivity index (χ1v) is 14.2. The van der Waals surface area contributed by atoms with Gasteiger partial charge in [0.15, 0.2) is 5.13 Å². The highest BCUT2D eigenvalue weighted by Crippen LogP contribution is 2.39. The van der Waals surface area contributed by atoms with Crippen LogP contribution in [-0.2, 0) is 14.3 Å². The molecule has 9 nitrogen and oxygen atoms in total. The Morgan fingerprint density at radius 1 is 1.22 bits per heavy atom. The number of alkyl halides is 2. The Hall–Kier alpha value is -3.42. The van der Waals surface area contributed by atoms with E-state index >= 15 is 4.39 Å². The predicted molar refractivity (Wildman–Crippen MR) is 155 cm³/mol. The lowest BCUT2D eigenvalue weighted by atomic mass is 10.0. The smallest absolute Gasteiger partial charge is 0.264 e. The summed E-state index contributed by atoms with van der Waals surface area (Å²) in [6, 6.07) is 3.07. The van der Waals surface area contributed by atoms with E-state index in [-0.39, 0.29) is 22.9 Å². The number of carbonyl (C=O) groups is 2. The van der Waals surface area contributed by atoms with Crippen LogP contribution in [0, 0.1) is 5.82 Å². The molecule has 1 aromatic carbocycles. The fraction of sp³-hybridized carbons (Fsp3) is 0.464. The number of rotatable bonds is 9. The maximum Gasteiger partial charge on any atom is 0.264 e. The quantitative estimate of drug-likeness (QED) is 0.267. The molecule has 222 valence electrons. The van der Waals surface area contributed by atoms with Crippen molar-refractivity contribution >= 4 is 40.2 Å². The van der Waals surface area contributed by atoms with Gasteiger partial charge in [0, 0.05) is 69.3 Å². The van der Waals surface area contributed by atoms with Gasteiger partial charge in [0.2, 0.25) is 6.41 Å². The first kappa shape index (κ1) is 30.5. The molecule has 0 spiro atoms.